The van der Waals surface area contributed by atoms with E-state index >= 15 is 0 Å². The third kappa shape index (κ3) is 4.04. The first kappa shape index (κ1) is 15.9. The van der Waals surface area contributed by atoms with Gasteiger partial charge in [-0.1, -0.05) is 36.4 Å². The number of nitrogens with zero attached hydrogens (tertiary/aromatic N) is 4. The number of rotatable bonds is 6. The van der Waals surface area contributed by atoms with E-state index in [4.69, 9.17) is 0 Å². The molecule has 24 heavy (non-hydrogen) atoms. The Morgan fingerprint density at radius 2 is 1.92 bits per heavy atom. The molecule has 0 aliphatic heterocycles. The predicted molar refractivity (Wildman–Crippen MR) is 92.7 cm³/mol. The summed E-state index contributed by atoms with van der Waals surface area (Å²) in [6.07, 6.45) is 1.52. The van der Waals surface area contributed by atoms with Crippen LogP contribution in [0.5, 0.6) is 0 Å². The van der Waals surface area contributed by atoms with Crippen molar-refractivity contribution < 1.29 is 4.39 Å². The highest BCUT2D eigenvalue weighted by Gasteiger charge is 2.10. The average molecular weight is 323 g/mol. The van der Waals surface area contributed by atoms with Gasteiger partial charge in [-0.25, -0.2) is 4.39 Å². The van der Waals surface area contributed by atoms with Gasteiger partial charge in [0.05, 0.1) is 6.20 Å². The minimum Gasteiger partial charge on any atom is -0.339 e. The van der Waals surface area contributed by atoms with Crippen LogP contribution in [-0.4, -0.2) is 21.7 Å². The molecule has 3 aromatic rings. The number of anilines is 3. The molecule has 0 fully saturated rings. The van der Waals surface area contributed by atoms with Gasteiger partial charge in [0.15, 0.2) is 5.82 Å². The minimum absolute atomic E-state index is 0.304. The Bertz CT molecular complexity index is 794. The van der Waals surface area contributed by atoms with Crippen molar-refractivity contribution in [2.24, 2.45) is 0 Å². The molecule has 0 bridgehead atoms. The molecule has 0 unspecified atom stereocenters. The molecule has 1 N–H and O–H groups in total. The number of halogens is 1. The Balaban J connectivity index is 1.78. The Kier molecular flexibility index (Phi) is 4.96. The number of hydrogen-bond donors (Lipinski definition) is 1. The Morgan fingerprint density at radius 3 is 2.67 bits per heavy atom. The van der Waals surface area contributed by atoms with Crippen molar-refractivity contribution in [3.63, 3.8) is 0 Å². The fraction of sp³-hybridized carbons (Fsp3) is 0.167. The third-order valence-electron chi connectivity index (χ3n) is 3.53. The normalized spacial score (nSPS) is 10.4. The predicted octanol–water partition coefficient (Wildman–Crippen LogP) is 3.78. The lowest BCUT2D eigenvalue weighted by Crippen LogP contribution is -2.24. The van der Waals surface area contributed by atoms with Crippen LogP contribution < -0.4 is 10.2 Å². The first-order chi connectivity index (χ1) is 11.7. The standard InChI is InChI=1S/C18H18FN5/c1-2-24(13-14-7-4-3-5-8-14)18-22-17(12-20-23-18)21-16-10-6-9-15(19)11-16/h3-12H,2,13H2,1H3,(H,21,22,23). The van der Waals surface area contributed by atoms with E-state index in [9.17, 15) is 4.39 Å². The van der Waals surface area contributed by atoms with E-state index in [0.717, 1.165) is 6.54 Å². The second-order valence-electron chi connectivity index (χ2n) is 5.28. The van der Waals surface area contributed by atoms with Gasteiger partial charge in [0.1, 0.15) is 5.82 Å². The molecule has 0 saturated carbocycles. The van der Waals surface area contributed by atoms with Crippen LogP contribution in [0.3, 0.4) is 0 Å². The highest BCUT2D eigenvalue weighted by molar-refractivity contribution is 5.56. The van der Waals surface area contributed by atoms with Crippen LogP contribution in [-0.2, 0) is 6.54 Å². The van der Waals surface area contributed by atoms with Crippen molar-refractivity contribution in [3.05, 3.63) is 72.2 Å². The van der Waals surface area contributed by atoms with Crippen LogP contribution >= 0.6 is 0 Å². The van der Waals surface area contributed by atoms with Gasteiger partial charge < -0.3 is 10.2 Å². The monoisotopic (exact) mass is 323 g/mol. The Labute approximate surface area is 140 Å². The maximum atomic E-state index is 13.3. The van der Waals surface area contributed by atoms with E-state index in [1.807, 2.05) is 30.0 Å². The van der Waals surface area contributed by atoms with E-state index in [-0.39, 0.29) is 5.82 Å². The molecule has 0 saturated heterocycles. The van der Waals surface area contributed by atoms with Crippen molar-refractivity contribution >= 4 is 17.5 Å². The van der Waals surface area contributed by atoms with Crippen molar-refractivity contribution in [3.8, 4) is 0 Å². The first-order valence-corrected chi connectivity index (χ1v) is 7.76. The summed E-state index contributed by atoms with van der Waals surface area (Å²) in [7, 11) is 0. The molecular weight excluding hydrogens is 305 g/mol. The van der Waals surface area contributed by atoms with Gasteiger partial charge in [0.2, 0.25) is 5.95 Å². The second kappa shape index (κ2) is 7.50. The van der Waals surface area contributed by atoms with Crippen molar-refractivity contribution in [1.29, 1.82) is 0 Å². The SMILES string of the molecule is CCN(Cc1ccccc1)c1nncc(Nc2cccc(F)c2)n1. The highest BCUT2D eigenvalue weighted by atomic mass is 19.1. The van der Waals surface area contributed by atoms with E-state index in [0.29, 0.717) is 24.0 Å². The topological polar surface area (TPSA) is 53.9 Å². The quantitative estimate of drug-likeness (QED) is 0.748. The summed E-state index contributed by atoms with van der Waals surface area (Å²) < 4.78 is 13.3. The van der Waals surface area contributed by atoms with Crippen LogP contribution in [0, 0.1) is 5.82 Å². The van der Waals surface area contributed by atoms with Crippen LogP contribution in [0.25, 0.3) is 0 Å². The number of aromatic nitrogens is 3. The van der Waals surface area contributed by atoms with E-state index < -0.39 is 0 Å². The largest absolute Gasteiger partial charge is 0.339 e. The molecule has 5 nitrogen and oxygen atoms in total. The lowest BCUT2D eigenvalue weighted by molar-refractivity contribution is 0.628. The van der Waals surface area contributed by atoms with Gasteiger partial charge in [-0.05, 0) is 30.7 Å². The summed E-state index contributed by atoms with van der Waals surface area (Å²) in [5.74, 6) is 0.751. The second-order valence-corrected chi connectivity index (χ2v) is 5.28. The number of nitrogens with one attached hydrogen (secondary N) is 1. The molecule has 1 heterocycles. The molecule has 0 aliphatic rings. The van der Waals surface area contributed by atoms with Gasteiger partial charge in [-0.15, -0.1) is 5.10 Å². The van der Waals surface area contributed by atoms with Gasteiger partial charge in [-0.3, -0.25) is 0 Å². The summed E-state index contributed by atoms with van der Waals surface area (Å²) in [6, 6.07) is 16.3. The minimum atomic E-state index is -0.304. The average Bonchev–Trinajstić information content (AvgIpc) is 2.61. The zero-order valence-electron chi connectivity index (χ0n) is 13.4. The smallest absolute Gasteiger partial charge is 0.247 e. The molecule has 0 radical (unpaired) electrons. The number of benzene rings is 2. The van der Waals surface area contributed by atoms with Gasteiger partial charge >= 0.3 is 0 Å². The fourth-order valence-electron chi connectivity index (χ4n) is 2.33. The molecule has 2 aromatic carbocycles. The van der Waals surface area contributed by atoms with E-state index in [1.54, 1.807) is 12.1 Å². The molecule has 1 aromatic heterocycles. The van der Waals surface area contributed by atoms with Crippen molar-refractivity contribution in [2.45, 2.75) is 13.5 Å². The van der Waals surface area contributed by atoms with Crippen molar-refractivity contribution in [2.75, 3.05) is 16.8 Å². The zero-order chi connectivity index (χ0) is 16.8. The van der Waals surface area contributed by atoms with Crippen LogP contribution in [0.15, 0.2) is 60.8 Å². The van der Waals surface area contributed by atoms with E-state index in [1.165, 1.54) is 23.9 Å². The summed E-state index contributed by atoms with van der Waals surface area (Å²) in [5.41, 5.74) is 1.79. The van der Waals surface area contributed by atoms with Gasteiger partial charge in [0.25, 0.3) is 0 Å². The maximum absolute atomic E-state index is 13.3. The molecule has 0 atom stereocenters. The summed E-state index contributed by atoms with van der Waals surface area (Å²) in [5, 5.41) is 11.2. The first-order valence-electron chi connectivity index (χ1n) is 7.76. The van der Waals surface area contributed by atoms with E-state index in [2.05, 4.69) is 32.6 Å². The molecule has 122 valence electrons. The molecule has 0 amide bonds. The summed E-state index contributed by atoms with van der Waals surface area (Å²) in [4.78, 5) is 6.51. The molecule has 0 spiro atoms. The maximum Gasteiger partial charge on any atom is 0.247 e. The molecule has 3 rings (SSSR count). The molecule has 0 aliphatic carbocycles. The van der Waals surface area contributed by atoms with Crippen LogP contribution in [0.2, 0.25) is 0 Å². The fourth-order valence-corrected chi connectivity index (χ4v) is 2.33. The molecular formula is C18H18FN5. The zero-order valence-corrected chi connectivity index (χ0v) is 13.4. The Hall–Kier alpha value is -3.02. The summed E-state index contributed by atoms with van der Waals surface area (Å²) >= 11 is 0. The Morgan fingerprint density at radius 1 is 1.08 bits per heavy atom. The van der Waals surface area contributed by atoms with Gasteiger partial charge in [-0.2, -0.15) is 10.1 Å². The third-order valence-corrected chi connectivity index (χ3v) is 3.53. The highest BCUT2D eigenvalue weighted by Crippen LogP contribution is 2.17. The lowest BCUT2D eigenvalue weighted by atomic mass is 10.2. The van der Waals surface area contributed by atoms with Crippen molar-refractivity contribution in [1.82, 2.24) is 15.2 Å². The lowest BCUT2D eigenvalue weighted by Gasteiger charge is -2.20. The van der Waals surface area contributed by atoms with Gasteiger partial charge in [0, 0.05) is 18.8 Å². The van der Waals surface area contributed by atoms with Crippen LogP contribution in [0.4, 0.5) is 21.8 Å². The number of hydrogen-bond acceptors (Lipinski definition) is 5. The summed E-state index contributed by atoms with van der Waals surface area (Å²) in [6.45, 7) is 3.49. The molecule has 6 heteroatoms. The van der Waals surface area contributed by atoms with Crippen LogP contribution in [0.1, 0.15) is 12.5 Å².